The van der Waals surface area contributed by atoms with Crippen molar-refractivity contribution in [3.63, 3.8) is 0 Å². The molecule has 3 aromatic rings. The number of benzene rings is 2. The van der Waals surface area contributed by atoms with Crippen molar-refractivity contribution in [2.24, 2.45) is 0 Å². The SMILES string of the molecule is Cc1cccc(C)c1C(=O)NC(CNC(=O)COC1CC(CNc2ccccn2)N(OC(=O)OCc2ccccc2)C1)C(=O)O. The van der Waals surface area contributed by atoms with Gasteiger partial charge in [0.15, 0.2) is 0 Å². The Bertz CT molecular complexity index is 1440. The first-order chi connectivity index (χ1) is 21.7. The molecular weight excluding hydrogens is 582 g/mol. The van der Waals surface area contributed by atoms with Crippen molar-refractivity contribution in [1.82, 2.24) is 20.7 Å². The third-order valence-electron chi connectivity index (χ3n) is 7.17. The predicted octanol–water partition coefficient (Wildman–Crippen LogP) is 2.84. The fourth-order valence-electron chi connectivity index (χ4n) is 4.85. The molecule has 13 nitrogen and oxygen atoms in total. The molecule has 0 aliphatic carbocycles. The fraction of sp³-hybridized carbons (Fsp3) is 0.344. The lowest BCUT2D eigenvalue weighted by atomic mass is 10.0. The van der Waals surface area contributed by atoms with Gasteiger partial charge in [0.05, 0.1) is 18.7 Å². The van der Waals surface area contributed by atoms with E-state index < -0.39 is 36.1 Å². The summed E-state index contributed by atoms with van der Waals surface area (Å²) in [4.78, 5) is 59.4. The lowest BCUT2D eigenvalue weighted by molar-refractivity contribution is -0.143. The van der Waals surface area contributed by atoms with E-state index in [1.807, 2.05) is 48.5 Å². The molecule has 1 aliphatic rings. The number of aromatic nitrogens is 1. The number of rotatable bonds is 14. The maximum absolute atomic E-state index is 12.8. The van der Waals surface area contributed by atoms with Crippen LogP contribution in [0.2, 0.25) is 0 Å². The van der Waals surface area contributed by atoms with Crippen LogP contribution in [0, 0.1) is 13.8 Å². The third kappa shape index (κ3) is 10.0. The number of hydroxylamine groups is 2. The lowest BCUT2D eigenvalue weighted by Gasteiger charge is -2.22. The van der Waals surface area contributed by atoms with E-state index in [-0.39, 0.29) is 32.3 Å². The van der Waals surface area contributed by atoms with Crippen molar-refractivity contribution in [1.29, 1.82) is 0 Å². The van der Waals surface area contributed by atoms with Crippen LogP contribution < -0.4 is 16.0 Å². The van der Waals surface area contributed by atoms with E-state index in [2.05, 4.69) is 20.9 Å². The minimum atomic E-state index is -1.35. The summed E-state index contributed by atoms with van der Waals surface area (Å²) in [5, 5.41) is 19.3. The molecule has 1 aromatic heterocycles. The van der Waals surface area contributed by atoms with Gasteiger partial charge in [0, 0.05) is 24.8 Å². The summed E-state index contributed by atoms with van der Waals surface area (Å²) < 4.78 is 11.1. The number of anilines is 1. The maximum atomic E-state index is 12.8. The smallest absolute Gasteiger partial charge is 0.480 e. The molecule has 238 valence electrons. The van der Waals surface area contributed by atoms with Crippen molar-refractivity contribution in [2.45, 2.75) is 45.1 Å². The summed E-state index contributed by atoms with van der Waals surface area (Å²) in [6.07, 6.45) is 0.721. The second kappa shape index (κ2) is 16.2. The molecule has 45 heavy (non-hydrogen) atoms. The van der Waals surface area contributed by atoms with Crippen LogP contribution in [-0.4, -0.2) is 83.5 Å². The summed E-state index contributed by atoms with van der Waals surface area (Å²) in [5.41, 5.74) is 2.62. The van der Waals surface area contributed by atoms with Crippen molar-refractivity contribution in [3.8, 4) is 0 Å². The van der Waals surface area contributed by atoms with Gasteiger partial charge in [0.25, 0.3) is 5.91 Å². The minimum absolute atomic E-state index is 0.0484. The summed E-state index contributed by atoms with van der Waals surface area (Å²) in [7, 11) is 0. The molecule has 0 radical (unpaired) electrons. The molecule has 0 saturated carbocycles. The van der Waals surface area contributed by atoms with Crippen LogP contribution in [0.3, 0.4) is 0 Å². The average molecular weight is 620 g/mol. The maximum Gasteiger partial charge on any atom is 0.528 e. The second-order valence-corrected chi connectivity index (χ2v) is 10.6. The van der Waals surface area contributed by atoms with Gasteiger partial charge in [-0.1, -0.05) is 54.6 Å². The lowest BCUT2D eigenvalue weighted by Crippen LogP contribution is -2.49. The van der Waals surface area contributed by atoms with Gasteiger partial charge in [-0.15, -0.1) is 5.06 Å². The molecular formula is C32H37N5O8. The van der Waals surface area contributed by atoms with E-state index >= 15 is 0 Å². The van der Waals surface area contributed by atoms with E-state index in [9.17, 15) is 24.3 Å². The van der Waals surface area contributed by atoms with Crippen LogP contribution in [-0.2, 0) is 30.5 Å². The molecule has 1 fully saturated rings. The number of carbonyl (C=O) groups is 4. The Labute approximate surface area is 260 Å². The van der Waals surface area contributed by atoms with Gasteiger partial charge in [0.2, 0.25) is 5.91 Å². The minimum Gasteiger partial charge on any atom is -0.480 e. The van der Waals surface area contributed by atoms with Crippen molar-refractivity contribution in [2.75, 3.05) is 31.6 Å². The summed E-state index contributed by atoms with van der Waals surface area (Å²) in [6, 6.07) is 18.3. The highest BCUT2D eigenvalue weighted by molar-refractivity contribution is 5.99. The molecule has 2 amide bonds. The Morgan fingerprint density at radius 2 is 1.73 bits per heavy atom. The number of pyridine rings is 1. The highest BCUT2D eigenvalue weighted by atomic mass is 16.8. The molecule has 2 aromatic carbocycles. The largest absolute Gasteiger partial charge is 0.528 e. The molecule has 1 aliphatic heterocycles. The molecule has 2 heterocycles. The first-order valence-corrected chi connectivity index (χ1v) is 14.5. The zero-order chi connectivity index (χ0) is 32.2. The van der Waals surface area contributed by atoms with Gasteiger partial charge < -0.3 is 35.4 Å². The van der Waals surface area contributed by atoms with E-state index in [0.717, 1.165) is 5.56 Å². The highest BCUT2D eigenvalue weighted by Crippen LogP contribution is 2.22. The Morgan fingerprint density at radius 3 is 2.42 bits per heavy atom. The van der Waals surface area contributed by atoms with E-state index in [1.54, 1.807) is 38.2 Å². The normalized spacial score (nSPS) is 16.8. The third-order valence-corrected chi connectivity index (χ3v) is 7.17. The fourth-order valence-corrected chi connectivity index (χ4v) is 4.85. The van der Waals surface area contributed by atoms with Crippen molar-refractivity contribution >= 4 is 29.8 Å². The molecule has 13 heteroatoms. The molecule has 3 unspecified atom stereocenters. The number of carbonyl (C=O) groups excluding carboxylic acids is 3. The molecule has 4 N–H and O–H groups in total. The van der Waals surface area contributed by atoms with Crippen LogP contribution in [0.15, 0.2) is 72.9 Å². The number of ether oxygens (including phenoxy) is 2. The van der Waals surface area contributed by atoms with Gasteiger partial charge >= 0.3 is 12.1 Å². The Balaban J connectivity index is 1.28. The number of carboxylic acids is 1. The Morgan fingerprint density at radius 1 is 1.00 bits per heavy atom. The van der Waals surface area contributed by atoms with Crippen LogP contribution in [0.25, 0.3) is 0 Å². The summed E-state index contributed by atoms with van der Waals surface area (Å²) in [6.45, 7) is 3.41. The highest BCUT2D eigenvalue weighted by Gasteiger charge is 2.36. The van der Waals surface area contributed by atoms with Crippen molar-refractivity contribution in [3.05, 3.63) is 95.2 Å². The van der Waals surface area contributed by atoms with Crippen LogP contribution in [0.1, 0.15) is 33.5 Å². The van der Waals surface area contributed by atoms with Gasteiger partial charge in [-0.05, 0) is 49.1 Å². The van der Waals surface area contributed by atoms with Crippen LogP contribution in [0.5, 0.6) is 0 Å². The molecule has 0 bridgehead atoms. The molecule has 4 rings (SSSR count). The predicted molar refractivity (Wildman–Crippen MR) is 163 cm³/mol. The molecule has 3 atom stereocenters. The quantitative estimate of drug-likeness (QED) is 0.196. The number of nitrogens with zero attached hydrogens (tertiary/aromatic N) is 2. The van der Waals surface area contributed by atoms with Gasteiger partial charge in [-0.3, -0.25) is 9.59 Å². The first-order valence-electron chi connectivity index (χ1n) is 14.5. The molecule has 0 spiro atoms. The number of amides is 2. The zero-order valence-electron chi connectivity index (χ0n) is 25.1. The van der Waals surface area contributed by atoms with Gasteiger partial charge in [-0.2, -0.15) is 0 Å². The van der Waals surface area contributed by atoms with Crippen LogP contribution >= 0.6 is 0 Å². The first kappa shape index (κ1) is 32.9. The van der Waals surface area contributed by atoms with Gasteiger partial charge in [-0.25, -0.2) is 14.6 Å². The second-order valence-electron chi connectivity index (χ2n) is 10.6. The van der Waals surface area contributed by atoms with Gasteiger partial charge in [0.1, 0.15) is 25.1 Å². The number of nitrogens with one attached hydrogen (secondary N) is 3. The number of carboxylic acid groups (broad SMARTS) is 1. The number of hydrogen-bond donors (Lipinski definition) is 4. The van der Waals surface area contributed by atoms with Crippen LogP contribution in [0.4, 0.5) is 10.6 Å². The number of hydrogen-bond acceptors (Lipinski definition) is 10. The monoisotopic (exact) mass is 619 g/mol. The summed E-state index contributed by atoms with van der Waals surface area (Å²) >= 11 is 0. The topological polar surface area (TPSA) is 168 Å². The standard InChI is InChI=1S/C32H37N5O8/c1-21-9-8-10-22(2)29(21)30(39)36-26(31(40)41)17-35-28(38)20-43-25-15-24(16-34-27-13-6-7-14-33-27)37(18-25)45-32(42)44-19-23-11-4-3-5-12-23/h3-14,24-26H,15-20H2,1-2H3,(H,33,34)(H,35,38)(H,36,39)(H,40,41). The van der Waals surface area contributed by atoms with E-state index in [0.29, 0.717) is 35.5 Å². The van der Waals surface area contributed by atoms with Crippen molar-refractivity contribution < 1.29 is 38.6 Å². The van der Waals surface area contributed by atoms with E-state index in [4.69, 9.17) is 14.3 Å². The average Bonchev–Trinajstić information content (AvgIpc) is 3.41. The summed E-state index contributed by atoms with van der Waals surface area (Å²) in [5.74, 6) is -1.75. The Kier molecular flexibility index (Phi) is 11.8. The molecule has 1 saturated heterocycles. The number of aliphatic carboxylic acids is 1. The Hall–Kier alpha value is -5.01. The zero-order valence-corrected chi connectivity index (χ0v) is 25.1. The van der Waals surface area contributed by atoms with E-state index in [1.165, 1.54) is 5.06 Å². The number of aryl methyl sites for hydroxylation is 2.